The fourth-order valence-electron chi connectivity index (χ4n) is 2.68. The van der Waals surface area contributed by atoms with Crippen LogP contribution in [-0.4, -0.2) is 44.1 Å². The van der Waals surface area contributed by atoms with E-state index in [-0.39, 0.29) is 23.8 Å². The Labute approximate surface area is 161 Å². The normalized spacial score (nSPS) is 14.0. The predicted octanol–water partition coefficient (Wildman–Crippen LogP) is 3.10. The van der Waals surface area contributed by atoms with Gasteiger partial charge in [0.2, 0.25) is 0 Å². The molecule has 0 aliphatic carbocycles. The zero-order valence-electron chi connectivity index (χ0n) is 14.9. The average molecular weight is 388 g/mol. The van der Waals surface area contributed by atoms with Crippen molar-refractivity contribution in [1.82, 2.24) is 4.90 Å². The molecule has 140 valence electrons. The zero-order chi connectivity index (χ0) is 19.4. The molecule has 0 radical (unpaired) electrons. The van der Waals surface area contributed by atoms with Gasteiger partial charge in [-0.3, -0.25) is 14.5 Å². The average Bonchev–Trinajstić information content (AvgIpc) is 2.92. The maximum absolute atomic E-state index is 12.7. The monoisotopic (exact) mass is 387 g/mol. The lowest BCUT2D eigenvalue weighted by atomic mass is 10.1. The van der Waals surface area contributed by atoms with Gasteiger partial charge in [-0.1, -0.05) is 23.7 Å². The first-order valence-corrected chi connectivity index (χ1v) is 8.60. The van der Waals surface area contributed by atoms with Crippen molar-refractivity contribution in [3.63, 3.8) is 0 Å². The molecule has 0 atom stereocenters. The number of amides is 2. The van der Waals surface area contributed by atoms with Crippen LogP contribution in [-0.2, 0) is 9.59 Å². The molecule has 0 unspecified atom stereocenters. The van der Waals surface area contributed by atoms with E-state index in [0.29, 0.717) is 22.8 Å². The van der Waals surface area contributed by atoms with Gasteiger partial charge in [0, 0.05) is 0 Å². The minimum Gasteiger partial charge on any atom is -0.497 e. The van der Waals surface area contributed by atoms with Crippen molar-refractivity contribution in [3.8, 4) is 17.2 Å². The first-order chi connectivity index (χ1) is 13.0. The lowest BCUT2D eigenvalue weighted by molar-refractivity contribution is -0.137. The number of halogens is 1. The molecule has 2 aromatic rings. The van der Waals surface area contributed by atoms with Gasteiger partial charge in [-0.25, -0.2) is 0 Å². The maximum Gasteiger partial charge on any atom is 0.273 e. The number of rotatable bonds is 7. The largest absolute Gasteiger partial charge is 0.497 e. The van der Waals surface area contributed by atoms with E-state index in [1.54, 1.807) is 62.8 Å². The van der Waals surface area contributed by atoms with E-state index < -0.39 is 11.8 Å². The summed E-state index contributed by atoms with van der Waals surface area (Å²) in [4.78, 5) is 26.1. The number of methoxy groups -OCH3 is 2. The standard InChI is InChI=1S/C20H18ClNO5/c1-25-14-5-3-13(4-6-14)17-18(21)20(24)22(19(17)23)11-12-27-16-9-7-15(26-2)8-10-16/h3-10H,11-12H2,1-2H3. The lowest BCUT2D eigenvalue weighted by Crippen LogP contribution is -2.35. The van der Waals surface area contributed by atoms with Gasteiger partial charge in [0.25, 0.3) is 11.8 Å². The molecule has 0 saturated heterocycles. The number of hydrogen-bond acceptors (Lipinski definition) is 5. The fraction of sp³-hybridized carbons (Fsp3) is 0.200. The van der Waals surface area contributed by atoms with Crippen LogP contribution in [0.3, 0.4) is 0 Å². The van der Waals surface area contributed by atoms with Crippen molar-refractivity contribution in [3.05, 3.63) is 59.1 Å². The number of imide groups is 1. The van der Waals surface area contributed by atoms with Crippen LogP contribution in [0.25, 0.3) is 5.57 Å². The molecular weight excluding hydrogens is 370 g/mol. The SMILES string of the molecule is COc1ccc(OCCN2C(=O)C(Cl)=C(c3ccc(OC)cc3)C2=O)cc1. The van der Waals surface area contributed by atoms with Gasteiger partial charge in [0.15, 0.2) is 0 Å². The van der Waals surface area contributed by atoms with E-state index in [2.05, 4.69) is 0 Å². The van der Waals surface area contributed by atoms with Crippen molar-refractivity contribution >= 4 is 29.0 Å². The third-order valence-corrected chi connectivity index (χ3v) is 4.48. The predicted molar refractivity (Wildman–Crippen MR) is 101 cm³/mol. The summed E-state index contributed by atoms with van der Waals surface area (Å²) in [5.74, 6) is 1.02. The minimum absolute atomic E-state index is 0.0883. The van der Waals surface area contributed by atoms with Crippen molar-refractivity contribution in [2.24, 2.45) is 0 Å². The first kappa shape index (κ1) is 18.8. The van der Waals surface area contributed by atoms with Crippen molar-refractivity contribution in [2.75, 3.05) is 27.4 Å². The zero-order valence-corrected chi connectivity index (χ0v) is 15.7. The summed E-state index contributed by atoms with van der Waals surface area (Å²) in [6.45, 7) is 0.253. The number of carbonyl (C=O) groups excluding carboxylic acids is 2. The Morgan fingerprint density at radius 2 is 1.33 bits per heavy atom. The number of ether oxygens (including phenoxy) is 3. The number of benzene rings is 2. The van der Waals surface area contributed by atoms with Crippen LogP contribution in [0.2, 0.25) is 0 Å². The van der Waals surface area contributed by atoms with Crippen LogP contribution in [0.4, 0.5) is 0 Å². The third kappa shape index (κ3) is 3.90. The van der Waals surface area contributed by atoms with E-state index in [4.69, 9.17) is 25.8 Å². The topological polar surface area (TPSA) is 65.1 Å². The van der Waals surface area contributed by atoms with E-state index >= 15 is 0 Å². The summed E-state index contributed by atoms with van der Waals surface area (Å²) in [6, 6.07) is 13.8. The quantitative estimate of drug-likeness (QED) is 0.683. The summed E-state index contributed by atoms with van der Waals surface area (Å²) in [7, 11) is 3.13. The van der Waals surface area contributed by atoms with Crippen LogP contribution in [0.1, 0.15) is 5.56 Å². The summed E-state index contributed by atoms with van der Waals surface area (Å²) in [5.41, 5.74) is 0.756. The Bertz CT molecular complexity index is 874. The molecule has 0 fully saturated rings. The lowest BCUT2D eigenvalue weighted by Gasteiger charge is -2.15. The molecular formula is C20H18ClNO5. The van der Waals surface area contributed by atoms with Gasteiger partial charge in [-0.05, 0) is 42.0 Å². The molecule has 2 amide bonds. The van der Waals surface area contributed by atoms with Crippen LogP contribution in [0.15, 0.2) is 53.6 Å². The molecule has 27 heavy (non-hydrogen) atoms. The Kier molecular flexibility index (Phi) is 5.66. The third-order valence-electron chi connectivity index (χ3n) is 4.13. The van der Waals surface area contributed by atoms with Crippen LogP contribution in [0, 0.1) is 0 Å². The highest BCUT2D eigenvalue weighted by atomic mass is 35.5. The van der Waals surface area contributed by atoms with Gasteiger partial charge < -0.3 is 14.2 Å². The number of nitrogens with zero attached hydrogens (tertiary/aromatic N) is 1. The molecule has 1 aliphatic heterocycles. The Hall–Kier alpha value is -2.99. The van der Waals surface area contributed by atoms with Gasteiger partial charge in [-0.15, -0.1) is 0 Å². The van der Waals surface area contributed by atoms with E-state index in [9.17, 15) is 9.59 Å². The highest BCUT2D eigenvalue weighted by Crippen LogP contribution is 2.32. The number of hydrogen-bond donors (Lipinski definition) is 0. The number of carbonyl (C=O) groups is 2. The molecule has 3 rings (SSSR count). The molecule has 1 heterocycles. The molecule has 1 aliphatic rings. The van der Waals surface area contributed by atoms with Gasteiger partial charge in [0.05, 0.1) is 26.3 Å². The maximum atomic E-state index is 12.7. The highest BCUT2D eigenvalue weighted by molar-refractivity contribution is 6.55. The van der Waals surface area contributed by atoms with E-state index in [1.165, 1.54) is 0 Å². The molecule has 0 bridgehead atoms. The summed E-state index contributed by atoms with van der Waals surface area (Å²) in [6.07, 6.45) is 0. The van der Waals surface area contributed by atoms with Crippen molar-refractivity contribution < 1.29 is 23.8 Å². The van der Waals surface area contributed by atoms with Gasteiger partial charge in [-0.2, -0.15) is 0 Å². The van der Waals surface area contributed by atoms with Gasteiger partial charge >= 0.3 is 0 Å². The van der Waals surface area contributed by atoms with Crippen LogP contribution >= 0.6 is 11.6 Å². The fourth-order valence-corrected chi connectivity index (χ4v) is 2.98. The van der Waals surface area contributed by atoms with Gasteiger partial charge in [0.1, 0.15) is 28.9 Å². The van der Waals surface area contributed by atoms with E-state index in [0.717, 1.165) is 4.90 Å². The van der Waals surface area contributed by atoms with Crippen molar-refractivity contribution in [2.45, 2.75) is 0 Å². The smallest absolute Gasteiger partial charge is 0.273 e. The molecule has 0 aromatic heterocycles. The second kappa shape index (κ2) is 8.14. The summed E-state index contributed by atoms with van der Waals surface area (Å²) in [5, 5.41) is -0.0883. The Morgan fingerprint density at radius 3 is 1.89 bits per heavy atom. The van der Waals surface area contributed by atoms with E-state index in [1.807, 2.05) is 0 Å². The molecule has 0 N–H and O–H groups in total. The molecule has 0 saturated carbocycles. The van der Waals surface area contributed by atoms with Crippen LogP contribution < -0.4 is 14.2 Å². The Balaban J connectivity index is 1.65. The second-order valence-electron chi connectivity index (χ2n) is 5.70. The van der Waals surface area contributed by atoms with Crippen LogP contribution in [0.5, 0.6) is 17.2 Å². The first-order valence-electron chi connectivity index (χ1n) is 8.22. The van der Waals surface area contributed by atoms with Crippen molar-refractivity contribution in [1.29, 1.82) is 0 Å². The molecule has 2 aromatic carbocycles. The summed E-state index contributed by atoms with van der Waals surface area (Å²) >= 11 is 6.14. The summed E-state index contributed by atoms with van der Waals surface area (Å²) < 4.78 is 15.8. The second-order valence-corrected chi connectivity index (χ2v) is 6.08. The molecule has 0 spiro atoms. The Morgan fingerprint density at radius 1 is 0.815 bits per heavy atom. The highest BCUT2D eigenvalue weighted by Gasteiger charge is 2.37. The molecule has 6 nitrogen and oxygen atoms in total. The minimum atomic E-state index is -0.522. The molecule has 7 heteroatoms.